The van der Waals surface area contributed by atoms with E-state index in [0.29, 0.717) is 61.7 Å². The maximum atomic E-state index is 13.3. The molecule has 0 bridgehead atoms. The molecule has 2 unspecified atom stereocenters. The quantitative estimate of drug-likeness (QED) is 0.347. The standard InChI is InChI=1S/C24H31N3O5S/c1-3-31-23(30)17-10-12-26(13-11-17)21(28)16(2)33-24-25-20-9-5-4-8-19(20)22(29)27(24)15-18-7-6-14-32-18/h4-5,8-9,16-18H,3,6-7,10-15H2,1-2H3. The van der Waals surface area contributed by atoms with Gasteiger partial charge in [-0.1, -0.05) is 23.9 Å². The Morgan fingerprint density at radius 3 is 2.70 bits per heavy atom. The Kier molecular flexibility index (Phi) is 7.70. The predicted octanol–water partition coefficient (Wildman–Crippen LogP) is 2.86. The van der Waals surface area contributed by atoms with Gasteiger partial charge >= 0.3 is 5.97 Å². The first-order chi connectivity index (χ1) is 16.0. The SMILES string of the molecule is CCOC(=O)C1CCN(C(=O)C(C)Sc2nc3ccccc3c(=O)n2CC2CCCO2)CC1. The lowest BCUT2D eigenvalue weighted by Gasteiger charge is -2.32. The zero-order chi connectivity index (χ0) is 23.4. The van der Waals surface area contributed by atoms with Gasteiger partial charge in [-0.15, -0.1) is 0 Å². The Labute approximate surface area is 197 Å². The van der Waals surface area contributed by atoms with Crippen LogP contribution in [0.2, 0.25) is 0 Å². The number of rotatable bonds is 7. The third-order valence-electron chi connectivity index (χ3n) is 6.29. The number of carbonyl (C=O) groups is 2. The molecule has 8 nitrogen and oxygen atoms in total. The summed E-state index contributed by atoms with van der Waals surface area (Å²) < 4.78 is 12.6. The molecule has 2 aromatic rings. The Morgan fingerprint density at radius 2 is 2.00 bits per heavy atom. The van der Waals surface area contributed by atoms with Gasteiger partial charge in [0.1, 0.15) is 0 Å². The van der Waals surface area contributed by atoms with Crippen LogP contribution in [0.5, 0.6) is 0 Å². The number of para-hydroxylation sites is 1. The second kappa shape index (κ2) is 10.7. The van der Waals surface area contributed by atoms with Crippen LogP contribution >= 0.6 is 11.8 Å². The number of ether oxygens (including phenoxy) is 2. The Balaban J connectivity index is 1.50. The lowest BCUT2D eigenvalue weighted by atomic mass is 9.97. The summed E-state index contributed by atoms with van der Waals surface area (Å²) in [6.45, 7) is 6.22. The van der Waals surface area contributed by atoms with E-state index in [1.807, 2.05) is 25.1 Å². The molecule has 33 heavy (non-hydrogen) atoms. The summed E-state index contributed by atoms with van der Waals surface area (Å²) >= 11 is 1.31. The number of nitrogens with zero attached hydrogens (tertiary/aromatic N) is 3. The maximum absolute atomic E-state index is 13.3. The number of fused-ring (bicyclic) bond motifs is 1. The van der Waals surface area contributed by atoms with Gasteiger partial charge in [-0.05, 0) is 51.7 Å². The van der Waals surface area contributed by atoms with Crippen LogP contribution in [0.3, 0.4) is 0 Å². The van der Waals surface area contributed by atoms with Crippen molar-refractivity contribution in [3.05, 3.63) is 34.6 Å². The third-order valence-corrected chi connectivity index (χ3v) is 7.37. The summed E-state index contributed by atoms with van der Waals surface area (Å²) in [4.78, 5) is 44.9. The van der Waals surface area contributed by atoms with E-state index in [4.69, 9.17) is 14.5 Å². The minimum absolute atomic E-state index is 0.00613. The third kappa shape index (κ3) is 5.41. The molecule has 3 heterocycles. The number of amides is 1. The van der Waals surface area contributed by atoms with E-state index in [1.165, 1.54) is 11.8 Å². The van der Waals surface area contributed by atoms with Crippen molar-refractivity contribution in [1.82, 2.24) is 14.5 Å². The molecule has 0 radical (unpaired) electrons. The average Bonchev–Trinajstić information content (AvgIpc) is 3.34. The van der Waals surface area contributed by atoms with Crippen LogP contribution < -0.4 is 5.56 Å². The fourth-order valence-electron chi connectivity index (χ4n) is 4.45. The van der Waals surface area contributed by atoms with Gasteiger partial charge in [0.25, 0.3) is 5.56 Å². The van der Waals surface area contributed by atoms with E-state index in [2.05, 4.69) is 0 Å². The van der Waals surface area contributed by atoms with Crippen LogP contribution in [-0.2, 0) is 25.6 Å². The zero-order valence-electron chi connectivity index (χ0n) is 19.2. The van der Waals surface area contributed by atoms with Crippen molar-refractivity contribution >= 4 is 34.5 Å². The second-order valence-electron chi connectivity index (χ2n) is 8.57. The van der Waals surface area contributed by atoms with Gasteiger partial charge in [0.05, 0.1) is 41.3 Å². The molecule has 1 aromatic carbocycles. The predicted molar refractivity (Wildman–Crippen MR) is 126 cm³/mol. The first-order valence-corrected chi connectivity index (χ1v) is 12.6. The van der Waals surface area contributed by atoms with Gasteiger partial charge in [-0.3, -0.25) is 19.0 Å². The first-order valence-electron chi connectivity index (χ1n) is 11.7. The lowest BCUT2D eigenvalue weighted by molar-refractivity contribution is -0.151. The maximum Gasteiger partial charge on any atom is 0.309 e. The molecule has 9 heteroatoms. The number of likely N-dealkylation sites (tertiary alicyclic amines) is 1. The number of piperidine rings is 1. The molecule has 4 rings (SSSR count). The highest BCUT2D eigenvalue weighted by molar-refractivity contribution is 8.00. The molecule has 0 N–H and O–H groups in total. The van der Waals surface area contributed by atoms with Crippen LogP contribution in [0.1, 0.15) is 39.5 Å². The average molecular weight is 474 g/mol. The van der Waals surface area contributed by atoms with Gasteiger partial charge in [-0.2, -0.15) is 0 Å². The highest BCUT2D eigenvalue weighted by Gasteiger charge is 2.31. The fraction of sp³-hybridized carbons (Fsp3) is 0.583. The van der Waals surface area contributed by atoms with Crippen molar-refractivity contribution in [1.29, 1.82) is 0 Å². The van der Waals surface area contributed by atoms with E-state index in [0.717, 1.165) is 12.8 Å². The van der Waals surface area contributed by atoms with E-state index >= 15 is 0 Å². The van der Waals surface area contributed by atoms with Crippen LogP contribution in [0, 0.1) is 5.92 Å². The summed E-state index contributed by atoms with van der Waals surface area (Å²) in [6, 6.07) is 7.30. The molecule has 1 aromatic heterocycles. The summed E-state index contributed by atoms with van der Waals surface area (Å²) in [5.74, 6) is -0.324. The highest BCUT2D eigenvalue weighted by atomic mass is 32.2. The van der Waals surface area contributed by atoms with Gasteiger partial charge in [0.15, 0.2) is 5.16 Å². The number of esters is 1. The molecule has 2 aliphatic rings. The first kappa shape index (κ1) is 23.8. The fourth-order valence-corrected chi connectivity index (χ4v) is 5.45. The number of hydrogen-bond donors (Lipinski definition) is 0. The lowest BCUT2D eigenvalue weighted by Crippen LogP contribution is -2.44. The molecular weight excluding hydrogens is 442 g/mol. The van der Waals surface area contributed by atoms with Gasteiger partial charge < -0.3 is 14.4 Å². The van der Waals surface area contributed by atoms with Gasteiger partial charge in [-0.25, -0.2) is 4.98 Å². The molecule has 2 saturated heterocycles. The number of benzene rings is 1. The van der Waals surface area contributed by atoms with Crippen molar-refractivity contribution in [3.63, 3.8) is 0 Å². The molecule has 2 atom stereocenters. The summed E-state index contributed by atoms with van der Waals surface area (Å²) in [5, 5.41) is 0.698. The molecule has 0 saturated carbocycles. The highest BCUT2D eigenvalue weighted by Crippen LogP contribution is 2.27. The molecule has 2 aliphatic heterocycles. The topological polar surface area (TPSA) is 90.7 Å². The number of hydrogen-bond acceptors (Lipinski definition) is 7. The van der Waals surface area contributed by atoms with E-state index in [-0.39, 0.29) is 29.5 Å². The molecule has 0 spiro atoms. The summed E-state index contributed by atoms with van der Waals surface area (Å²) in [7, 11) is 0. The number of carbonyl (C=O) groups excluding carboxylic acids is 2. The van der Waals surface area contributed by atoms with Crippen molar-refractivity contribution in [3.8, 4) is 0 Å². The molecule has 0 aliphatic carbocycles. The Hall–Kier alpha value is -2.39. The minimum Gasteiger partial charge on any atom is -0.466 e. The van der Waals surface area contributed by atoms with Crippen LogP contribution in [0.4, 0.5) is 0 Å². The molecule has 1 amide bonds. The molecule has 178 valence electrons. The van der Waals surface area contributed by atoms with Crippen molar-refractivity contribution in [2.24, 2.45) is 5.92 Å². The van der Waals surface area contributed by atoms with Crippen molar-refractivity contribution < 1.29 is 19.1 Å². The minimum atomic E-state index is -0.409. The van der Waals surface area contributed by atoms with E-state index in [1.54, 1.807) is 22.5 Å². The zero-order valence-corrected chi connectivity index (χ0v) is 20.0. The Morgan fingerprint density at radius 1 is 1.24 bits per heavy atom. The largest absolute Gasteiger partial charge is 0.466 e. The normalized spacial score (nSPS) is 20.2. The van der Waals surface area contributed by atoms with E-state index < -0.39 is 5.25 Å². The monoisotopic (exact) mass is 473 g/mol. The molecular formula is C24H31N3O5S. The summed E-state index contributed by atoms with van der Waals surface area (Å²) in [6.07, 6.45) is 3.10. The van der Waals surface area contributed by atoms with Crippen molar-refractivity contribution in [2.75, 3.05) is 26.3 Å². The van der Waals surface area contributed by atoms with Crippen molar-refractivity contribution in [2.45, 2.75) is 62.6 Å². The summed E-state index contributed by atoms with van der Waals surface area (Å²) in [5.41, 5.74) is 0.525. The van der Waals surface area contributed by atoms with E-state index in [9.17, 15) is 14.4 Å². The smallest absolute Gasteiger partial charge is 0.309 e. The van der Waals surface area contributed by atoms with Crippen LogP contribution in [0.25, 0.3) is 10.9 Å². The number of aromatic nitrogens is 2. The van der Waals surface area contributed by atoms with Crippen LogP contribution in [0.15, 0.2) is 34.2 Å². The number of thioether (sulfide) groups is 1. The van der Waals surface area contributed by atoms with Gasteiger partial charge in [0, 0.05) is 19.7 Å². The van der Waals surface area contributed by atoms with Crippen LogP contribution in [-0.4, -0.2) is 64.0 Å². The second-order valence-corrected chi connectivity index (χ2v) is 9.88. The van der Waals surface area contributed by atoms with Gasteiger partial charge in [0.2, 0.25) is 5.91 Å². The molecule has 2 fully saturated rings. The Bertz CT molecular complexity index is 1060.